The van der Waals surface area contributed by atoms with Crippen LogP contribution in [0.2, 0.25) is 0 Å². The van der Waals surface area contributed by atoms with Crippen molar-refractivity contribution in [2.24, 2.45) is 0 Å². The van der Waals surface area contributed by atoms with Gasteiger partial charge in [0.2, 0.25) is 0 Å². The Bertz CT molecular complexity index is 1210. The van der Waals surface area contributed by atoms with E-state index in [9.17, 15) is 4.79 Å². The molecule has 0 spiro atoms. The molecule has 0 unspecified atom stereocenters. The van der Waals surface area contributed by atoms with E-state index >= 15 is 0 Å². The van der Waals surface area contributed by atoms with E-state index in [1.54, 1.807) is 6.07 Å². The van der Waals surface area contributed by atoms with Crippen molar-refractivity contribution in [3.63, 3.8) is 0 Å². The van der Waals surface area contributed by atoms with Gasteiger partial charge in [0.1, 0.15) is 12.4 Å². The first-order valence-corrected chi connectivity index (χ1v) is 10.5. The number of rotatable bonds is 5. The molecule has 4 nitrogen and oxygen atoms in total. The molecule has 30 heavy (non-hydrogen) atoms. The highest BCUT2D eigenvalue weighted by atomic mass is 16.5. The number of pyridine rings is 1. The zero-order valence-electron chi connectivity index (χ0n) is 16.8. The first-order chi connectivity index (χ1) is 14.8. The molecule has 4 aromatic rings. The lowest BCUT2D eigenvalue weighted by atomic mass is 10.1. The van der Waals surface area contributed by atoms with Gasteiger partial charge in [0, 0.05) is 41.4 Å². The van der Waals surface area contributed by atoms with Crippen LogP contribution in [-0.4, -0.2) is 18.1 Å². The van der Waals surface area contributed by atoms with Crippen LogP contribution in [0.15, 0.2) is 83.7 Å². The number of aromatic amines is 1. The third-order valence-electron chi connectivity index (χ3n) is 5.70. The number of hydrogen-bond acceptors (Lipinski definition) is 3. The molecule has 0 amide bonds. The Morgan fingerprint density at radius 1 is 0.867 bits per heavy atom. The van der Waals surface area contributed by atoms with Gasteiger partial charge in [-0.1, -0.05) is 30.3 Å². The summed E-state index contributed by atoms with van der Waals surface area (Å²) in [5.41, 5.74) is 4.96. The number of aromatic nitrogens is 1. The Kier molecular flexibility index (Phi) is 4.98. The minimum Gasteiger partial charge on any atom is -0.489 e. The van der Waals surface area contributed by atoms with Crippen LogP contribution in [0.5, 0.6) is 5.75 Å². The van der Waals surface area contributed by atoms with Gasteiger partial charge in [-0.25, -0.2) is 0 Å². The molecule has 1 saturated heterocycles. The van der Waals surface area contributed by atoms with Crippen LogP contribution in [0.4, 0.5) is 5.69 Å². The number of nitrogens with zero attached hydrogens (tertiary/aromatic N) is 1. The SMILES string of the molecule is O=c1cc(-c2ccc(OCc3ccccc3)cc2)[nH]c2ccc(N3CCCC3)cc12. The van der Waals surface area contributed by atoms with E-state index < -0.39 is 0 Å². The average molecular weight is 396 g/mol. The number of anilines is 1. The van der Waals surface area contributed by atoms with E-state index in [2.05, 4.69) is 16.0 Å². The number of nitrogens with one attached hydrogen (secondary N) is 1. The molecule has 1 fully saturated rings. The summed E-state index contributed by atoms with van der Waals surface area (Å²) >= 11 is 0. The standard InChI is InChI=1S/C26H24N2O2/c29-26-17-25(27-24-13-10-21(16-23(24)26)28-14-4-5-15-28)20-8-11-22(12-9-20)30-18-19-6-2-1-3-7-19/h1-3,6-13,16-17H,4-5,14-15,18H2,(H,27,29). The first-order valence-electron chi connectivity index (χ1n) is 10.5. The molecule has 1 aromatic heterocycles. The highest BCUT2D eigenvalue weighted by molar-refractivity contribution is 5.85. The fourth-order valence-corrected chi connectivity index (χ4v) is 4.03. The number of ether oxygens (including phenoxy) is 1. The van der Waals surface area contributed by atoms with E-state index in [1.165, 1.54) is 12.8 Å². The molecule has 0 saturated carbocycles. The fraction of sp³-hybridized carbons (Fsp3) is 0.192. The molecule has 5 rings (SSSR count). The third kappa shape index (κ3) is 3.81. The van der Waals surface area contributed by atoms with Crippen molar-refractivity contribution in [3.05, 3.63) is 94.6 Å². The average Bonchev–Trinajstić information content (AvgIpc) is 3.34. The second-order valence-corrected chi connectivity index (χ2v) is 7.77. The van der Waals surface area contributed by atoms with Crippen molar-refractivity contribution < 1.29 is 4.74 Å². The van der Waals surface area contributed by atoms with Crippen LogP contribution in [0, 0.1) is 0 Å². The van der Waals surface area contributed by atoms with Crippen LogP contribution < -0.4 is 15.1 Å². The summed E-state index contributed by atoms with van der Waals surface area (Å²) in [6.07, 6.45) is 2.44. The minimum absolute atomic E-state index is 0.0456. The molecular formula is C26H24N2O2. The predicted octanol–water partition coefficient (Wildman–Crippen LogP) is 5.37. The van der Waals surface area contributed by atoms with Gasteiger partial charge in [0.05, 0.1) is 0 Å². The molecule has 1 aliphatic heterocycles. The van der Waals surface area contributed by atoms with Crippen LogP contribution >= 0.6 is 0 Å². The Balaban J connectivity index is 1.37. The highest BCUT2D eigenvalue weighted by Gasteiger charge is 2.13. The molecule has 3 aromatic carbocycles. The summed E-state index contributed by atoms with van der Waals surface area (Å²) in [7, 11) is 0. The monoisotopic (exact) mass is 396 g/mol. The van der Waals surface area contributed by atoms with Gasteiger partial charge in [-0.05, 0) is 66.4 Å². The van der Waals surface area contributed by atoms with Crippen molar-refractivity contribution >= 4 is 16.6 Å². The second kappa shape index (κ2) is 8.07. The maximum Gasteiger partial charge on any atom is 0.190 e. The molecule has 4 heteroatoms. The van der Waals surface area contributed by atoms with E-state index in [1.807, 2.05) is 66.7 Å². The lowest BCUT2D eigenvalue weighted by Gasteiger charge is -2.18. The van der Waals surface area contributed by atoms with Crippen LogP contribution in [0.25, 0.3) is 22.2 Å². The smallest absolute Gasteiger partial charge is 0.190 e. The first kappa shape index (κ1) is 18.5. The molecule has 2 heterocycles. The number of fused-ring (bicyclic) bond motifs is 1. The van der Waals surface area contributed by atoms with Gasteiger partial charge in [0.25, 0.3) is 0 Å². The van der Waals surface area contributed by atoms with E-state index in [-0.39, 0.29) is 5.43 Å². The molecule has 0 radical (unpaired) electrons. The van der Waals surface area contributed by atoms with Crippen LogP contribution in [0.1, 0.15) is 18.4 Å². The lowest BCUT2D eigenvalue weighted by Crippen LogP contribution is -2.17. The zero-order chi connectivity index (χ0) is 20.3. The van der Waals surface area contributed by atoms with Gasteiger partial charge in [-0.3, -0.25) is 4.79 Å². The Morgan fingerprint density at radius 3 is 2.40 bits per heavy atom. The van der Waals surface area contributed by atoms with Crippen molar-refractivity contribution in [3.8, 4) is 17.0 Å². The number of hydrogen-bond donors (Lipinski definition) is 1. The second-order valence-electron chi connectivity index (χ2n) is 7.77. The zero-order valence-corrected chi connectivity index (χ0v) is 16.8. The van der Waals surface area contributed by atoms with E-state index in [0.717, 1.165) is 52.3 Å². The van der Waals surface area contributed by atoms with Crippen molar-refractivity contribution in [1.29, 1.82) is 0 Å². The van der Waals surface area contributed by atoms with Crippen molar-refractivity contribution in [2.45, 2.75) is 19.4 Å². The Hall–Kier alpha value is -3.53. The van der Waals surface area contributed by atoms with E-state index in [0.29, 0.717) is 6.61 Å². The van der Waals surface area contributed by atoms with Gasteiger partial charge in [0.15, 0.2) is 5.43 Å². The summed E-state index contributed by atoms with van der Waals surface area (Å²) in [5, 5.41) is 0.742. The molecule has 1 aliphatic rings. The van der Waals surface area contributed by atoms with Gasteiger partial charge < -0.3 is 14.6 Å². The van der Waals surface area contributed by atoms with Gasteiger partial charge in [-0.15, -0.1) is 0 Å². The highest BCUT2D eigenvalue weighted by Crippen LogP contribution is 2.26. The van der Waals surface area contributed by atoms with Crippen molar-refractivity contribution in [2.75, 3.05) is 18.0 Å². The maximum absolute atomic E-state index is 12.8. The molecule has 0 aliphatic carbocycles. The summed E-state index contributed by atoms with van der Waals surface area (Å²) in [6, 6.07) is 25.8. The predicted molar refractivity (Wildman–Crippen MR) is 122 cm³/mol. The molecule has 0 atom stereocenters. The third-order valence-corrected chi connectivity index (χ3v) is 5.70. The van der Waals surface area contributed by atoms with Gasteiger partial charge in [-0.2, -0.15) is 0 Å². The normalized spacial score (nSPS) is 13.7. The molecule has 1 N–H and O–H groups in total. The van der Waals surface area contributed by atoms with Crippen molar-refractivity contribution in [1.82, 2.24) is 4.98 Å². The lowest BCUT2D eigenvalue weighted by molar-refractivity contribution is 0.306. The number of benzene rings is 3. The maximum atomic E-state index is 12.8. The summed E-state index contributed by atoms with van der Waals surface area (Å²) < 4.78 is 5.86. The topological polar surface area (TPSA) is 45.3 Å². The van der Waals surface area contributed by atoms with E-state index in [4.69, 9.17) is 4.74 Å². The molecule has 0 bridgehead atoms. The Labute approximate surface area is 175 Å². The summed E-state index contributed by atoms with van der Waals surface area (Å²) in [6.45, 7) is 2.67. The Morgan fingerprint density at radius 2 is 1.63 bits per heavy atom. The van der Waals surface area contributed by atoms with Gasteiger partial charge >= 0.3 is 0 Å². The molecular weight excluding hydrogens is 372 g/mol. The molecule has 150 valence electrons. The number of H-pyrrole nitrogens is 1. The quantitative estimate of drug-likeness (QED) is 0.493. The minimum atomic E-state index is 0.0456. The summed E-state index contributed by atoms with van der Waals surface area (Å²) in [4.78, 5) is 18.6. The summed E-state index contributed by atoms with van der Waals surface area (Å²) in [5.74, 6) is 0.806. The van der Waals surface area contributed by atoms with Crippen LogP contribution in [-0.2, 0) is 6.61 Å². The van der Waals surface area contributed by atoms with Crippen LogP contribution in [0.3, 0.4) is 0 Å². The largest absolute Gasteiger partial charge is 0.489 e. The fourth-order valence-electron chi connectivity index (χ4n) is 4.03.